The number of halogens is 1. The highest BCUT2D eigenvalue weighted by molar-refractivity contribution is 5.95. The Morgan fingerprint density at radius 2 is 1.93 bits per heavy atom. The molecular weight excluding hydrogens is 513 g/mol. The molecule has 1 aromatic carbocycles. The third-order valence-electron chi connectivity index (χ3n) is 8.17. The summed E-state index contributed by atoms with van der Waals surface area (Å²) < 4.78 is 15.4. The molecule has 0 atom stereocenters. The fourth-order valence-electron chi connectivity index (χ4n) is 5.43. The van der Waals surface area contributed by atoms with Crippen molar-refractivity contribution in [3.8, 4) is 11.5 Å². The highest BCUT2D eigenvalue weighted by Gasteiger charge is 2.24. The zero-order valence-corrected chi connectivity index (χ0v) is 24.4. The van der Waals surface area contributed by atoms with Crippen LogP contribution in [-0.2, 0) is 0 Å². The molecular formula is C33H40FN7. The number of aromatic amines is 2. The summed E-state index contributed by atoms with van der Waals surface area (Å²) in [6.45, 7) is 19.9. The van der Waals surface area contributed by atoms with Crippen LogP contribution in [0.3, 0.4) is 0 Å². The number of aromatic nitrogens is 4. The normalized spacial score (nSPS) is 17.6. The van der Waals surface area contributed by atoms with Gasteiger partial charge in [-0.1, -0.05) is 38.3 Å². The van der Waals surface area contributed by atoms with Gasteiger partial charge in [-0.05, 0) is 81.2 Å². The van der Waals surface area contributed by atoms with E-state index >= 15 is 4.39 Å². The van der Waals surface area contributed by atoms with Crippen molar-refractivity contribution in [2.24, 2.45) is 5.92 Å². The van der Waals surface area contributed by atoms with Crippen LogP contribution < -0.4 is 5.32 Å². The zero-order valence-electron chi connectivity index (χ0n) is 24.4. The summed E-state index contributed by atoms with van der Waals surface area (Å²) in [6, 6.07) is 3.49. The lowest BCUT2D eigenvalue weighted by molar-refractivity contribution is 0.207. The van der Waals surface area contributed by atoms with Gasteiger partial charge >= 0.3 is 0 Å². The van der Waals surface area contributed by atoms with Crippen LogP contribution in [0.4, 0.5) is 4.39 Å². The van der Waals surface area contributed by atoms with Gasteiger partial charge in [-0.15, -0.1) is 0 Å². The van der Waals surface area contributed by atoms with Crippen molar-refractivity contribution in [2.45, 2.75) is 33.1 Å². The van der Waals surface area contributed by atoms with Gasteiger partial charge in [0.2, 0.25) is 0 Å². The molecule has 2 aliphatic rings. The number of hydrogen-bond donors (Lipinski definition) is 3. The summed E-state index contributed by atoms with van der Waals surface area (Å²) in [5, 5.41) is 11.4. The van der Waals surface area contributed by atoms with Gasteiger partial charge < -0.3 is 20.1 Å². The summed E-state index contributed by atoms with van der Waals surface area (Å²) in [5.41, 5.74) is 7.17. The zero-order chi connectivity index (χ0) is 29.1. The van der Waals surface area contributed by atoms with Crippen molar-refractivity contribution in [1.29, 1.82) is 0 Å². The molecule has 1 aliphatic heterocycles. The Hall–Kier alpha value is -4.17. The Morgan fingerprint density at radius 3 is 2.56 bits per heavy atom. The monoisotopic (exact) mass is 553 g/mol. The standard InChI is InChI=1S/C33H40FN7/c1-7-11-29(41-16-14-40(6)15-17-41)30-22(5)36-33(37-30)32-27-19-25(20-28(34)31(27)38-39-32)23(8-2)18-26(9-3)35-21(4)24-12-10-13-24/h7-9,11,18-20,24,35H,1,3-4,10,12-17H2,2,5-6H3,(H,36,37)(H,38,39)/b23-8+,26-18+,29-11+. The number of nitrogens with zero attached hydrogens (tertiary/aromatic N) is 4. The molecule has 8 heteroatoms. The topological polar surface area (TPSA) is 75.9 Å². The minimum Gasteiger partial charge on any atom is -0.367 e. The van der Waals surface area contributed by atoms with E-state index in [1.807, 2.05) is 38.1 Å². The number of aryl methyl sites for hydroxylation is 1. The van der Waals surface area contributed by atoms with Crippen LogP contribution in [0.1, 0.15) is 43.1 Å². The minimum absolute atomic E-state index is 0.278. The maximum absolute atomic E-state index is 15.4. The van der Waals surface area contributed by atoms with Gasteiger partial charge in [0, 0.05) is 48.7 Å². The van der Waals surface area contributed by atoms with E-state index in [0.717, 1.165) is 78.6 Å². The third kappa shape index (κ3) is 5.84. The van der Waals surface area contributed by atoms with E-state index in [-0.39, 0.29) is 5.52 Å². The van der Waals surface area contributed by atoms with Crippen molar-refractivity contribution >= 4 is 22.2 Å². The Labute approximate surface area is 241 Å². The molecule has 0 spiro atoms. The summed E-state index contributed by atoms with van der Waals surface area (Å²) in [7, 11) is 2.14. The number of rotatable bonds is 10. The molecule has 3 heterocycles. The molecule has 214 valence electrons. The Bertz CT molecular complexity index is 1560. The van der Waals surface area contributed by atoms with Crippen LogP contribution in [-0.4, -0.2) is 63.2 Å². The molecule has 41 heavy (non-hydrogen) atoms. The summed E-state index contributed by atoms with van der Waals surface area (Å²) in [5.74, 6) is 0.714. The van der Waals surface area contributed by atoms with Gasteiger partial charge in [0.1, 0.15) is 16.9 Å². The fraction of sp³-hybridized carbons (Fsp3) is 0.333. The van der Waals surface area contributed by atoms with E-state index in [1.54, 1.807) is 12.2 Å². The first-order valence-electron chi connectivity index (χ1n) is 14.3. The van der Waals surface area contributed by atoms with Crippen LogP contribution in [0, 0.1) is 18.7 Å². The average molecular weight is 554 g/mol. The van der Waals surface area contributed by atoms with E-state index < -0.39 is 5.82 Å². The van der Waals surface area contributed by atoms with Crippen LogP contribution in [0.5, 0.6) is 0 Å². The van der Waals surface area contributed by atoms with E-state index in [9.17, 15) is 0 Å². The largest absolute Gasteiger partial charge is 0.367 e. The van der Waals surface area contributed by atoms with Gasteiger partial charge in [-0.2, -0.15) is 5.10 Å². The maximum Gasteiger partial charge on any atom is 0.157 e. The van der Waals surface area contributed by atoms with E-state index in [1.165, 1.54) is 12.5 Å². The van der Waals surface area contributed by atoms with Crippen molar-refractivity contribution in [2.75, 3.05) is 33.2 Å². The summed E-state index contributed by atoms with van der Waals surface area (Å²) in [6.07, 6.45) is 13.1. The van der Waals surface area contributed by atoms with Gasteiger partial charge in [-0.3, -0.25) is 5.10 Å². The second kappa shape index (κ2) is 12.1. The molecule has 3 N–H and O–H groups in total. The number of benzene rings is 1. The second-order valence-electron chi connectivity index (χ2n) is 10.9. The number of hydrogen-bond acceptors (Lipinski definition) is 5. The van der Waals surface area contributed by atoms with Crippen LogP contribution >= 0.6 is 0 Å². The van der Waals surface area contributed by atoms with Gasteiger partial charge in [0.25, 0.3) is 0 Å². The molecule has 0 radical (unpaired) electrons. The lowest BCUT2D eigenvalue weighted by Gasteiger charge is -2.35. The summed E-state index contributed by atoms with van der Waals surface area (Å²) in [4.78, 5) is 13.1. The van der Waals surface area contributed by atoms with Crippen LogP contribution in [0.15, 0.2) is 73.6 Å². The molecule has 1 saturated carbocycles. The fourth-order valence-corrected chi connectivity index (χ4v) is 5.43. The number of imidazole rings is 1. The predicted molar refractivity (Wildman–Crippen MR) is 167 cm³/mol. The molecule has 3 aromatic rings. The van der Waals surface area contributed by atoms with E-state index in [2.05, 4.69) is 57.1 Å². The van der Waals surface area contributed by atoms with Gasteiger partial charge in [-0.25, -0.2) is 9.37 Å². The predicted octanol–water partition coefficient (Wildman–Crippen LogP) is 6.55. The first-order chi connectivity index (χ1) is 19.8. The molecule has 2 aromatic heterocycles. The van der Waals surface area contributed by atoms with Crippen LogP contribution in [0.2, 0.25) is 0 Å². The van der Waals surface area contributed by atoms with E-state index in [0.29, 0.717) is 22.8 Å². The SMILES string of the molecule is C=C/C=C(\c1nc(-c2[nH]nc3c(F)cc(C(/C=C(\C=C)NC(=C)C4CCC4)=C/C)cc23)[nH]c1C)N1CCN(C)CC1. The summed E-state index contributed by atoms with van der Waals surface area (Å²) >= 11 is 0. The van der Waals surface area contributed by atoms with Gasteiger partial charge in [0.15, 0.2) is 11.6 Å². The molecule has 5 rings (SSSR count). The van der Waals surface area contributed by atoms with E-state index in [4.69, 9.17) is 4.98 Å². The molecule has 0 unspecified atom stereocenters. The quantitative estimate of drug-likeness (QED) is 0.248. The number of H-pyrrole nitrogens is 2. The lowest BCUT2D eigenvalue weighted by atomic mass is 9.83. The molecule has 0 bridgehead atoms. The van der Waals surface area contributed by atoms with Crippen molar-refractivity contribution in [1.82, 2.24) is 35.3 Å². The Morgan fingerprint density at radius 1 is 1.17 bits per heavy atom. The number of likely N-dealkylation sites (N-methyl/N-ethyl adjacent to an activating group) is 1. The molecule has 1 aliphatic carbocycles. The number of allylic oxidation sites excluding steroid dienone is 7. The highest BCUT2D eigenvalue weighted by Crippen LogP contribution is 2.34. The smallest absolute Gasteiger partial charge is 0.157 e. The van der Waals surface area contributed by atoms with Crippen LogP contribution in [0.25, 0.3) is 33.7 Å². The van der Waals surface area contributed by atoms with Gasteiger partial charge in [0.05, 0.1) is 5.70 Å². The maximum atomic E-state index is 15.4. The second-order valence-corrected chi connectivity index (χ2v) is 10.9. The molecule has 0 amide bonds. The molecule has 7 nitrogen and oxygen atoms in total. The number of fused-ring (bicyclic) bond motifs is 1. The van der Waals surface area contributed by atoms with Crippen molar-refractivity contribution < 1.29 is 4.39 Å². The Balaban J connectivity index is 1.49. The first kappa shape index (κ1) is 28.4. The first-order valence-corrected chi connectivity index (χ1v) is 14.3. The average Bonchev–Trinajstić information content (AvgIpc) is 3.52. The van der Waals surface area contributed by atoms with Crippen molar-refractivity contribution in [3.05, 3.63) is 96.4 Å². The highest BCUT2D eigenvalue weighted by atomic mass is 19.1. The molecule has 1 saturated heterocycles. The number of piperazine rings is 1. The lowest BCUT2D eigenvalue weighted by Crippen LogP contribution is -2.43. The molecule has 2 fully saturated rings. The Kier molecular flexibility index (Phi) is 8.40. The van der Waals surface area contributed by atoms with Crippen molar-refractivity contribution in [3.63, 3.8) is 0 Å². The number of nitrogens with one attached hydrogen (secondary N) is 3. The third-order valence-corrected chi connectivity index (χ3v) is 8.17. The minimum atomic E-state index is -0.395.